The zero-order valence-electron chi connectivity index (χ0n) is 17.9. The van der Waals surface area contributed by atoms with E-state index in [0.29, 0.717) is 6.54 Å². The summed E-state index contributed by atoms with van der Waals surface area (Å²) >= 11 is 0. The average molecular weight is 449 g/mol. The van der Waals surface area contributed by atoms with Gasteiger partial charge < -0.3 is 10.2 Å². The van der Waals surface area contributed by atoms with E-state index in [-0.39, 0.29) is 4.90 Å². The van der Waals surface area contributed by atoms with Crippen LogP contribution in [0.15, 0.2) is 78.0 Å². The second-order valence-electron chi connectivity index (χ2n) is 7.84. The molecule has 0 saturated carbocycles. The maximum absolute atomic E-state index is 12.7. The lowest BCUT2D eigenvalue weighted by molar-refractivity contribution is 0.344. The van der Waals surface area contributed by atoms with Crippen molar-refractivity contribution < 1.29 is 8.42 Å². The standard InChI is InChI=1S/C25H28N4O2S/c30-32(31,27-15-18-29-16-1-2-17-29)25-8-4-7-24(20-25)28-23-6-3-5-22(19-23)10-9-21-11-13-26-14-12-21/h3-14,19-20,27-28H,1-2,15-18H2/b10-9+. The molecule has 6 nitrogen and oxygen atoms in total. The SMILES string of the molecule is O=S(=O)(NCCN1CCCC1)c1cccc(Nc2cccc(/C=C/c3ccncc3)c2)c1. The molecule has 32 heavy (non-hydrogen) atoms. The Morgan fingerprint density at radius 2 is 1.56 bits per heavy atom. The van der Waals surface area contributed by atoms with E-state index in [4.69, 9.17) is 0 Å². The minimum absolute atomic E-state index is 0.262. The Morgan fingerprint density at radius 1 is 0.875 bits per heavy atom. The largest absolute Gasteiger partial charge is 0.355 e. The van der Waals surface area contributed by atoms with Crippen molar-refractivity contribution in [3.8, 4) is 0 Å². The van der Waals surface area contributed by atoms with E-state index in [1.807, 2.05) is 54.6 Å². The summed E-state index contributed by atoms with van der Waals surface area (Å²) in [4.78, 5) is 6.58. The summed E-state index contributed by atoms with van der Waals surface area (Å²) in [6.07, 6.45) is 9.98. The number of benzene rings is 2. The molecule has 2 N–H and O–H groups in total. The van der Waals surface area contributed by atoms with Crippen LogP contribution < -0.4 is 10.0 Å². The lowest BCUT2D eigenvalue weighted by Crippen LogP contribution is -2.33. The first-order chi connectivity index (χ1) is 15.6. The van der Waals surface area contributed by atoms with Gasteiger partial charge in [-0.25, -0.2) is 13.1 Å². The van der Waals surface area contributed by atoms with Crippen LogP contribution in [-0.4, -0.2) is 44.5 Å². The Kier molecular flexibility index (Phi) is 7.32. The highest BCUT2D eigenvalue weighted by Gasteiger charge is 2.16. The van der Waals surface area contributed by atoms with Crippen molar-refractivity contribution in [3.63, 3.8) is 0 Å². The molecular weight excluding hydrogens is 420 g/mol. The summed E-state index contributed by atoms with van der Waals surface area (Å²) in [6, 6.07) is 18.8. The summed E-state index contributed by atoms with van der Waals surface area (Å²) in [5.41, 5.74) is 3.73. The van der Waals surface area contributed by atoms with E-state index in [0.717, 1.165) is 42.1 Å². The summed E-state index contributed by atoms with van der Waals surface area (Å²) in [5.74, 6) is 0. The van der Waals surface area contributed by atoms with Gasteiger partial charge in [0, 0.05) is 36.9 Å². The predicted octanol–water partition coefficient (Wildman–Crippen LogP) is 4.37. The van der Waals surface area contributed by atoms with Crippen LogP contribution >= 0.6 is 0 Å². The Morgan fingerprint density at radius 3 is 2.34 bits per heavy atom. The zero-order chi connectivity index (χ0) is 22.2. The minimum Gasteiger partial charge on any atom is -0.355 e. The molecule has 1 aliphatic rings. The van der Waals surface area contributed by atoms with Crippen molar-refractivity contribution >= 4 is 33.6 Å². The average Bonchev–Trinajstić information content (AvgIpc) is 3.32. The lowest BCUT2D eigenvalue weighted by atomic mass is 10.1. The molecule has 1 aromatic heterocycles. The van der Waals surface area contributed by atoms with Gasteiger partial charge in [0.05, 0.1) is 4.90 Å². The maximum atomic E-state index is 12.7. The predicted molar refractivity (Wildman–Crippen MR) is 130 cm³/mol. The fourth-order valence-corrected chi connectivity index (χ4v) is 4.79. The number of hydrogen-bond donors (Lipinski definition) is 2. The molecule has 0 amide bonds. The molecule has 0 unspecified atom stereocenters. The molecule has 0 spiro atoms. The number of aromatic nitrogens is 1. The first-order valence-electron chi connectivity index (χ1n) is 10.9. The van der Waals surface area contributed by atoms with Crippen LogP contribution in [0.1, 0.15) is 24.0 Å². The van der Waals surface area contributed by atoms with Gasteiger partial charge in [0.2, 0.25) is 10.0 Å². The fourth-order valence-electron chi connectivity index (χ4n) is 3.72. The van der Waals surface area contributed by atoms with Crippen molar-refractivity contribution in [1.82, 2.24) is 14.6 Å². The van der Waals surface area contributed by atoms with Crippen molar-refractivity contribution in [2.24, 2.45) is 0 Å². The Hall–Kier alpha value is -3.00. The van der Waals surface area contributed by atoms with Gasteiger partial charge in [0.25, 0.3) is 0 Å². The van der Waals surface area contributed by atoms with E-state index >= 15 is 0 Å². The van der Waals surface area contributed by atoms with Gasteiger partial charge in [-0.1, -0.05) is 30.4 Å². The van der Waals surface area contributed by atoms with Gasteiger partial charge in [0.1, 0.15) is 0 Å². The third kappa shape index (κ3) is 6.26. The maximum Gasteiger partial charge on any atom is 0.240 e. The number of pyridine rings is 1. The quantitative estimate of drug-likeness (QED) is 0.509. The molecule has 2 heterocycles. The van der Waals surface area contributed by atoms with Crippen LogP contribution in [0.5, 0.6) is 0 Å². The number of anilines is 2. The number of rotatable bonds is 9. The molecule has 1 aliphatic heterocycles. The summed E-state index contributed by atoms with van der Waals surface area (Å²) in [7, 11) is -3.55. The second kappa shape index (κ2) is 10.5. The molecular formula is C25H28N4O2S. The molecule has 3 aromatic rings. The van der Waals surface area contributed by atoms with Crippen LogP contribution in [0, 0.1) is 0 Å². The lowest BCUT2D eigenvalue weighted by Gasteiger charge is -2.15. The third-order valence-corrected chi connectivity index (χ3v) is 6.87. The molecule has 166 valence electrons. The van der Waals surface area contributed by atoms with E-state index in [1.54, 1.807) is 30.6 Å². The molecule has 0 bridgehead atoms. The molecule has 0 atom stereocenters. The van der Waals surface area contributed by atoms with Gasteiger partial charge in [-0.3, -0.25) is 4.98 Å². The number of likely N-dealkylation sites (tertiary alicyclic amines) is 1. The molecule has 0 aliphatic carbocycles. The fraction of sp³-hybridized carbons (Fsp3) is 0.240. The summed E-state index contributed by atoms with van der Waals surface area (Å²) in [6.45, 7) is 3.28. The highest BCUT2D eigenvalue weighted by atomic mass is 32.2. The monoisotopic (exact) mass is 448 g/mol. The van der Waals surface area contributed by atoms with Crippen molar-refractivity contribution in [2.75, 3.05) is 31.5 Å². The molecule has 1 saturated heterocycles. The smallest absolute Gasteiger partial charge is 0.240 e. The second-order valence-corrected chi connectivity index (χ2v) is 9.61. The van der Waals surface area contributed by atoms with Crippen LogP contribution in [-0.2, 0) is 10.0 Å². The number of hydrogen-bond acceptors (Lipinski definition) is 5. The van der Waals surface area contributed by atoms with Gasteiger partial charge in [-0.2, -0.15) is 0 Å². The minimum atomic E-state index is -3.55. The third-order valence-electron chi connectivity index (χ3n) is 5.41. The van der Waals surface area contributed by atoms with E-state index in [9.17, 15) is 8.42 Å². The van der Waals surface area contributed by atoms with Gasteiger partial charge in [-0.15, -0.1) is 0 Å². The molecule has 1 fully saturated rings. The number of nitrogens with one attached hydrogen (secondary N) is 2. The molecule has 7 heteroatoms. The first-order valence-corrected chi connectivity index (χ1v) is 12.3. The zero-order valence-corrected chi connectivity index (χ0v) is 18.8. The normalized spacial score (nSPS) is 14.8. The highest BCUT2D eigenvalue weighted by Crippen LogP contribution is 2.22. The van der Waals surface area contributed by atoms with Gasteiger partial charge >= 0.3 is 0 Å². The Labute approximate surface area is 190 Å². The van der Waals surface area contributed by atoms with Crippen LogP contribution in [0.25, 0.3) is 12.2 Å². The van der Waals surface area contributed by atoms with Crippen LogP contribution in [0.4, 0.5) is 11.4 Å². The summed E-state index contributed by atoms with van der Waals surface area (Å²) in [5, 5.41) is 3.31. The van der Waals surface area contributed by atoms with E-state index in [1.165, 1.54) is 12.8 Å². The van der Waals surface area contributed by atoms with E-state index < -0.39 is 10.0 Å². The Balaban J connectivity index is 1.40. The van der Waals surface area contributed by atoms with Gasteiger partial charge in [0.15, 0.2) is 0 Å². The van der Waals surface area contributed by atoms with Crippen molar-refractivity contribution in [2.45, 2.75) is 17.7 Å². The number of sulfonamides is 1. The molecule has 2 aromatic carbocycles. The molecule has 4 rings (SSSR count). The first kappa shape index (κ1) is 22.2. The van der Waals surface area contributed by atoms with Crippen LogP contribution in [0.2, 0.25) is 0 Å². The van der Waals surface area contributed by atoms with Crippen molar-refractivity contribution in [1.29, 1.82) is 0 Å². The Bertz CT molecular complexity index is 1160. The number of nitrogens with zero attached hydrogens (tertiary/aromatic N) is 2. The van der Waals surface area contributed by atoms with Gasteiger partial charge in [-0.05, 0) is 79.5 Å². The summed E-state index contributed by atoms with van der Waals surface area (Å²) < 4.78 is 28.2. The topological polar surface area (TPSA) is 74.3 Å². The molecule has 0 radical (unpaired) electrons. The van der Waals surface area contributed by atoms with E-state index in [2.05, 4.69) is 19.9 Å². The van der Waals surface area contributed by atoms with Crippen molar-refractivity contribution in [3.05, 3.63) is 84.2 Å². The van der Waals surface area contributed by atoms with Crippen LogP contribution in [0.3, 0.4) is 0 Å². The highest BCUT2D eigenvalue weighted by molar-refractivity contribution is 7.89.